The molecule has 0 saturated heterocycles. The summed E-state index contributed by atoms with van der Waals surface area (Å²) in [5.74, 6) is -0.972. The molecule has 6 nitrogen and oxygen atoms in total. The first kappa shape index (κ1) is 14.9. The summed E-state index contributed by atoms with van der Waals surface area (Å²) in [5.41, 5.74) is 0.209. The number of rotatable bonds is 5. The van der Waals surface area contributed by atoms with Crippen LogP contribution in [0.2, 0.25) is 0 Å². The zero-order valence-electron chi connectivity index (χ0n) is 11.5. The van der Waals surface area contributed by atoms with Crippen LogP contribution in [-0.2, 0) is 4.79 Å². The summed E-state index contributed by atoms with van der Waals surface area (Å²) in [6.45, 7) is 7.23. The van der Waals surface area contributed by atoms with Gasteiger partial charge in [0.25, 0.3) is 5.69 Å². The number of benzene rings is 1. The highest BCUT2D eigenvalue weighted by molar-refractivity contribution is 5.83. The van der Waals surface area contributed by atoms with Crippen molar-refractivity contribution in [1.82, 2.24) is 0 Å². The van der Waals surface area contributed by atoms with Crippen molar-refractivity contribution in [1.29, 1.82) is 0 Å². The molecule has 0 unspecified atom stereocenters. The van der Waals surface area contributed by atoms with Crippen molar-refractivity contribution in [2.24, 2.45) is 0 Å². The number of non-ortho nitro benzene ring substituents is 1. The van der Waals surface area contributed by atoms with Gasteiger partial charge in [0.05, 0.1) is 4.92 Å². The zero-order valence-corrected chi connectivity index (χ0v) is 11.5. The van der Waals surface area contributed by atoms with E-state index in [4.69, 9.17) is 0 Å². The molecule has 0 aliphatic rings. The highest BCUT2D eigenvalue weighted by Crippen LogP contribution is 2.30. The number of aryl methyl sites for hydroxylation is 1. The Bertz CT molecular complexity index is 511. The molecular formula is C13H18N2O4. The van der Waals surface area contributed by atoms with Gasteiger partial charge in [-0.25, -0.2) is 4.79 Å². The fourth-order valence-corrected chi connectivity index (χ4v) is 1.98. The molecule has 0 aliphatic heterocycles. The van der Waals surface area contributed by atoms with Crippen molar-refractivity contribution in [2.45, 2.75) is 33.2 Å². The molecule has 0 amide bonds. The number of nitro groups is 1. The lowest BCUT2D eigenvalue weighted by atomic mass is 10.00. The van der Waals surface area contributed by atoms with E-state index in [9.17, 15) is 20.0 Å². The summed E-state index contributed by atoms with van der Waals surface area (Å²) >= 11 is 0. The quantitative estimate of drug-likeness (QED) is 0.654. The van der Waals surface area contributed by atoms with Crippen molar-refractivity contribution in [3.8, 4) is 0 Å². The number of carbonyl (C=O) groups is 1. The number of carboxylic acids is 1. The van der Waals surface area contributed by atoms with E-state index in [2.05, 4.69) is 0 Å². The van der Waals surface area contributed by atoms with Crippen LogP contribution in [0.25, 0.3) is 0 Å². The van der Waals surface area contributed by atoms with Gasteiger partial charge in [0.15, 0.2) is 0 Å². The Morgan fingerprint density at radius 1 is 1.47 bits per heavy atom. The summed E-state index contributed by atoms with van der Waals surface area (Å²) in [7, 11) is 0. The molecule has 0 radical (unpaired) electrons. The Morgan fingerprint density at radius 3 is 2.47 bits per heavy atom. The van der Waals surface area contributed by atoms with Gasteiger partial charge in [0.2, 0.25) is 0 Å². The van der Waals surface area contributed by atoms with E-state index in [1.165, 1.54) is 12.1 Å². The molecular weight excluding hydrogens is 248 g/mol. The highest BCUT2D eigenvalue weighted by atomic mass is 16.6. The van der Waals surface area contributed by atoms with E-state index >= 15 is 0 Å². The van der Waals surface area contributed by atoms with Crippen molar-refractivity contribution in [3.63, 3.8) is 0 Å². The third-order valence-corrected chi connectivity index (χ3v) is 3.21. The maximum Gasteiger partial charge on any atom is 0.328 e. The number of aliphatic carboxylic acids is 1. The molecule has 0 aliphatic carbocycles. The Balaban J connectivity index is 3.36. The SMILES string of the molecule is CCN(c1cc([N+](=O)[O-])ccc1C)C(C)(C)C(=O)O. The molecule has 1 rings (SSSR count). The van der Waals surface area contributed by atoms with E-state index in [1.807, 2.05) is 6.92 Å². The lowest BCUT2D eigenvalue weighted by molar-refractivity contribution is -0.384. The molecule has 0 aromatic heterocycles. The van der Waals surface area contributed by atoms with Crippen molar-refractivity contribution in [2.75, 3.05) is 11.4 Å². The van der Waals surface area contributed by atoms with E-state index in [1.54, 1.807) is 31.7 Å². The first-order valence-corrected chi connectivity index (χ1v) is 5.98. The number of hydrogen-bond acceptors (Lipinski definition) is 4. The van der Waals surface area contributed by atoms with Crippen LogP contribution in [0, 0.1) is 17.0 Å². The summed E-state index contributed by atoms with van der Waals surface area (Å²) in [6, 6.07) is 4.47. The monoisotopic (exact) mass is 266 g/mol. The average molecular weight is 266 g/mol. The summed E-state index contributed by atoms with van der Waals surface area (Å²) < 4.78 is 0. The highest BCUT2D eigenvalue weighted by Gasteiger charge is 2.35. The molecule has 1 aromatic rings. The van der Waals surface area contributed by atoms with Gasteiger partial charge in [-0.3, -0.25) is 10.1 Å². The molecule has 0 heterocycles. The van der Waals surface area contributed by atoms with Crippen LogP contribution in [0.4, 0.5) is 11.4 Å². The number of hydrogen-bond donors (Lipinski definition) is 1. The lowest BCUT2D eigenvalue weighted by Crippen LogP contribution is -2.50. The Hall–Kier alpha value is -2.11. The van der Waals surface area contributed by atoms with E-state index in [0.29, 0.717) is 12.2 Å². The lowest BCUT2D eigenvalue weighted by Gasteiger charge is -2.37. The summed E-state index contributed by atoms with van der Waals surface area (Å²) in [6.07, 6.45) is 0. The first-order chi connectivity index (χ1) is 8.71. The number of likely N-dealkylation sites (N-methyl/N-ethyl adjacent to an activating group) is 1. The minimum atomic E-state index is -1.13. The second-order valence-corrected chi connectivity index (χ2v) is 4.84. The predicted octanol–water partition coefficient (Wildman–Crippen LogP) is 2.59. The Labute approximate surface area is 111 Å². The number of anilines is 1. The van der Waals surface area contributed by atoms with Gasteiger partial charge in [-0.15, -0.1) is 0 Å². The minimum Gasteiger partial charge on any atom is -0.480 e. The molecule has 0 fully saturated rings. The maximum absolute atomic E-state index is 11.3. The molecule has 1 N–H and O–H groups in total. The summed E-state index contributed by atoms with van der Waals surface area (Å²) in [4.78, 5) is 23.3. The van der Waals surface area contributed by atoms with Crippen LogP contribution < -0.4 is 4.90 Å². The molecule has 19 heavy (non-hydrogen) atoms. The molecule has 0 spiro atoms. The first-order valence-electron chi connectivity index (χ1n) is 5.98. The fourth-order valence-electron chi connectivity index (χ4n) is 1.98. The van der Waals surface area contributed by atoms with Crippen molar-refractivity contribution >= 4 is 17.3 Å². The molecule has 1 aromatic carbocycles. The minimum absolute atomic E-state index is 0.0414. The van der Waals surface area contributed by atoms with Crippen LogP contribution in [0.15, 0.2) is 18.2 Å². The van der Waals surface area contributed by atoms with E-state index in [0.717, 1.165) is 5.56 Å². The predicted molar refractivity (Wildman–Crippen MR) is 72.6 cm³/mol. The van der Waals surface area contributed by atoms with Gasteiger partial charge in [-0.1, -0.05) is 6.07 Å². The fraction of sp³-hybridized carbons (Fsp3) is 0.462. The normalized spacial score (nSPS) is 11.2. The number of nitrogens with zero attached hydrogens (tertiary/aromatic N) is 2. The van der Waals surface area contributed by atoms with Crippen LogP contribution in [0.1, 0.15) is 26.3 Å². The van der Waals surface area contributed by atoms with Gasteiger partial charge in [-0.2, -0.15) is 0 Å². The molecule has 0 bridgehead atoms. The van der Waals surface area contributed by atoms with Gasteiger partial charge in [0.1, 0.15) is 5.54 Å². The maximum atomic E-state index is 11.3. The molecule has 104 valence electrons. The number of carboxylic acid groups (broad SMARTS) is 1. The third kappa shape index (κ3) is 2.83. The van der Waals surface area contributed by atoms with Crippen LogP contribution >= 0.6 is 0 Å². The van der Waals surface area contributed by atoms with Crippen molar-refractivity contribution in [3.05, 3.63) is 33.9 Å². The van der Waals surface area contributed by atoms with Crippen LogP contribution in [-0.4, -0.2) is 28.1 Å². The summed E-state index contributed by atoms with van der Waals surface area (Å²) in [5, 5.41) is 20.1. The van der Waals surface area contributed by atoms with Crippen LogP contribution in [0.5, 0.6) is 0 Å². The third-order valence-electron chi connectivity index (χ3n) is 3.21. The molecule has 0 saturated carbocycles. The number of nitro benzene ring substituents is 1. The second kappa shape index (κ2) is 5.26. The van der Waals surface area contributed by atoms with Crippen LogP contribution in [0.3, 0.4) is 0 Å². The van der Waals surface area contributed by atoms with Gasteiger partial charge in [0, 0.05) is 24.4 Å². The van der Waals surface area contributed by atoms with Gasteiger partial charge in [-0.05, 0) is 33.3 Å². The molecule has 0 atom stereocenters. The van der Waals surface area contributed by atoms with Gasteiger partial charge >= 0.3 is 5.97 Å². The smallest absolute Gasteiger partial charge is 0.328 e. The van der Waals surface area contributed by atoms with Crippen molar-refractivity contribution < 1.29 is 14.8 Å². The molecule has 6 heteroatoms. The van der Waals surface area contributed by atoms with Gasteiger partial charge < -0.3 is 10.0 Å². The largest absolute Gasteiger partial charge is 0.480 e. The topological polar surface area (TPSA) is 83.7 Å². The Morgan fingerprint density at radius 2 is 2.05 bits per heavy atom. The zero-order chi connectivity index (χ0) is 14.8. The Kier molecular flexibility index (Phi) is 4.14. The standard InChI is InChI=1S/C13H18N2O4/c1-5-14(13(3,4)12(16)17)11-8-10(15(18)19)7-6-9(11)2/h6-8H,5H2,1-4H3,(H,16,17). The van der Waals surface area contributed by atoms with E-state index in [-0.39, 0.29) is 5.69 Å². The van der Waals surface area contributed by atoms with E-state index < -0.39 is 16.4 Å². The second-order valence-electron chi connectivity index (χ2n) is 4.84. The average Bonchev–Trinajstić information content (AvgIpc) is 2.31.